The van der Waals surface area contributed by atoms with E-state index in [1.165, 1.54) is 0 Å². The average Bonchev–Trinajstić information content (AvgIpc) is 2.98. The van der Waals surface area contributed by atoms with Crippen molar-refractivity contribution in [3.8, 4) is 0 Å². The Kier molecular flexibility index (Phi) is 5.22. The van der Waals surface area contributed by atoms with Gasteiger partial charge in [-0.25, -0.2) is 0 Å². The van der Waals surface area contributed by atoms with Crippen LogP contribution in [-0.2, 0) is 0 Å². The number of hydrogen-bond donors (Lipinski definition) is 2. The maximum absolute atomic E-state index is 12.7. The van der Waals surface area contributed by atoms with Crippen LogP contribution in [-0.4, -0.2) is 34.4 Å². The Labute approximate surface area is 132 Å². The summed E-state index contributed by atoms with van der Waals surface area (Å²) in [5.74, 6) is 0.0182. The van der Waals surface area contributed by atoms with Gasteiger partial charge in [-0.1, -0.05) is 30.1 Å². The fraction of sp³-hybridized carbons (Fsp3) is 0.429. The van der Waals surface area contributed by atoms with Gasteiger partial charge >= 0.3 is 0 Å². The number of carbonyl (C=O) groups excluding carboxylic acids is 1. The van der Waals surface area contributed by atoms with Crippen LogP contribution >= 0.6 is 22.6 Å². The minimum atomic E-state index is -0.0477. The Hall–Kier alpha value is -1.31. The van der Waals surface area contributed by atoms with Crippen molar-refractivity contribution < 1.29 is 10.0 Å². The number of oxime groups is 1. The molecule has 0 spiro atoms. The molecule has 1 amide bonds. The van der Waals surface area contributed by atoms with Gasteiger partial charge in [0.15, 0.2) is 5.84 Å². The molecular weight excluding hydrogens is 369 g/mol. The normalized spacial score (nSPS) is 16.4. The van der Waals surface area contributed by atoms with Gasteiger partial charge in [0.2, 0.25) is 0 Å². The zero-order chi connectivity index (χ0) is 14.5. The lowest BCUT2D eigenvalue weighted by Gasteiger charge is -2.28. The number of carbonyl (C=O) groups is 1. The van der Waals surface area contributed by atoms with Crippen molar-refractivity contribution in [2.75, 3.05) is 6.54 Å². The summed E-state index contributed by atoms with van der Waals surface area (Å²) >= 11 is 2.16. The molecule has 0 aromatic heterocycles. The number of nitrogens with zero attached hydrogens (tertiary/aromatic N) is 2. The molecule has 1 aromatic rings. The van der Waals surface area contributed by atoms with Crippen LogP contribution in [0.3, 0.4) is 0 Å². The number of rotatable bonds is 4. The summed E-state index contributed by atoms with van der Waals surface area (Å²) in [7, 11) is 0. The lowest BCUT2D eigenvalue weighted by Crippen LogP contribution is -2.44. The van der Waals surface area contributed by atoms with Crippen molar-refractivity contribution in [2.24, 2.45) is 10.9 Å². The minimum Gasteiger partial charge on any atom is -0.409 e. The van der Waals surface area contributed by atoms with Crippen molar-refractivity contribution >= 4 is 34.3 Å². The molecule has 3 N–H and O–H groups in total. The smallest absolute Gasteiger partial charge is 0.255 e. The summed E-state index contributed by atoms with van der Waals surface area (Å²) in [6.07, 6.45) is 4.20. The number of benzene rings is 1. The minimum absolute atomic E-state index is 0.0477. The lowest BCUT2D eigenvalue weighted by molar-refractivity contribution is 0.0711. The van der Waals surface area contributed by atoms with E-state index >= 15 is 0 Å². The summed E-state index contributed by atoms with van der Waals surface area (Å²) in [4.78, 5) is 14.5. The number of amides is 1. The van der Waals surface area contributed by atoms with Crippen LogP contribution in [0.1, 0.15) is 36.0 Å². The Morgan fingerprint density at radius 1 is 1.40 bits per heavy atom. The first-order chi connectivity index (χ1) is 9.63. The summed E-state index contributed by atoms with van der Waals surface area (Å²) in [5.41, 5.74) is 6.27. The molecule has 2 rings (SSSR count). The third-order valence-electron chi connectivity index (χ3n) is 3.59. The van der Waals surface area contributed by atoms with Crippen molar-refractivity contribution in [2.45, 2.75) is 31.7 Å². The van der Waals surface area contributed by atoms with E-state index < -0.39 is 0 Å². The molecule has 0 bridgehead atoms. The van der Waals surface area contributed by atoms with Crippen LogP contribution in [0, 0.1) is 3.57 Å². The first-order valence-corrected chi connectivity index (χ1v) is 7.73. The number of halogens is 1. The van der Waals surface area contributed by atoms with Crippen LogP contribution in [0.25, 0.3) is 0 Å². The number of amidine groups is 1. The van der Waals surface area contributed by atoms with E-state index in [0.717, 1.165) is 29.3 Å². The highest BCUT2D eigenvalue weighted by Crippen LogP contribution is 2.25. The predicted molar refractivity (Wildman–Crippen MR) is 85.9 cm³/mol. The molecule has 0 saturated heterocycles. The maximum atomic E-state index is 12.7. The Morgan fingerprint density at radius 2 is 2.05 bits per heavy atom. The third kappa shape index (κ3) is 3.41. The molecule has 0 aliphatic heterocycles. The molecule has 5 nitrogen and oxygen atoms in total. The molecule has 1 aliphatic carbocycles. The SMILES string of the molecule is NC(CN(C(=O)c1ccccc1I)C1CCCC1)=NO. The molecular formula is C14H18IN3O2. The highest BCUT2D eigenvalue weighted by molar-refractivity contribution is 14.1. The molecule has 20 heavy (non-hydrogen) atoms. The fourth-order valence-electron chi connectivity index (χ4n) is 2.58. The number of hydrogen-bond acceptors (Lipinski definition) is 3. The Morgan fingerprint density at radius 3 is 2.65 bits per heavy atom. The lowest BCUT2D eigenvalue weighted by atomic mass is 10.1. The third-order valence-corrected chi connectivity index (χ3v) is 4.53. The van der Waals surface area contributed by atoms with Gasteiger partial charge in [0.1, 0.15) is 0 Å². The quantitative estimate of drug-likeness (QED) is 0.274. The summed E-state index contributed by atoms with van der Waals surface area (Å²) in [5, 5.41) is 11.8. The van der Waals surface area contributed by atoms with Crippen LogP contribution in [0.4, 0.5) is 0 Å². The van der Waals surface area contributed by atoms with Gasteiger partial charge in [0.05, 0.1) is 12.1 Å². The van der Waals surface area contributed by atoms with E-state index in [0.29, 0.717) is 5.56 Å². The second-order valence-electron chi connectivity index (χ2n) is 4.94. The van der Waals surface area contributed by atoms with Crippen molar-refractivity contribution in [1.29, 1.82) is 0 Å². The van der Waals surface area contributed by atoms with E-state index in [9.17, 15) is 4.79 Å². The van der Waals surface area contributed by atoms with Crippen molar-refractivity contribution in [3.05, 3.63) is 33.4 Å². The second-order valence-corrected chi connectivity index (χ2v) is 6.10. The van der Waals surface area contributed by atoms with Gasteiger partial charge in [0.25, 0.3) is 5.91 Å². The number of nitrogens with two attached hydrogens (primary N) is 1. The molecule has 1 aromatic carbocycles. The topological polar surface area (TPSA) is 78.9 Å². The van der Waals surface area contributed by atoms with Gasteiger partial charge in [-0.05, 0) is 47.6 Å². The maximum Gasteiger partial charge on any atom is 0.255 e. The standard InChI is InChI=1S/C14H18IN3O2/c15-12-8-4-3-7-11(12)14(19)18(9-13(16)17-20)10-5-1-2-6-10/h3-4,7-8,10,20H,1-2,5-6,9H2,(H2,16,17). The highest BCUT2D eigenvalue weighted by Gasteiger charge is 2.28. The molecule has 6 heteroatoms. The van der Waals surface area contributed by atoms with Gasteiger partial charge in [-0.2, -0.15) is 0 Å². The predicted octanol–water partition coefficient (Wildman–Crippen LogP) is 2.42. The molecule has 0 heterocycles. The second kappa shape index (κ2) is 6.92. The molecule has 1 fully saturated rings. The Bertz CT molecular complexity index is 513. The molecule has 0 atom stereocenters. The summed E-state index contributed by atoms with van der Waals surface area (Å²) in [6, 6.07) is 7.66. The van der Waals surface area contributed by atoms with E-state index in [2.05, 4.69) is 27.7 Å². The van der Waals surface area contributed by atoms with Gasteiger partial charge in [-0.3, -0.25) is 4.79 Å². The first-order valence-electron chi connectivity index (χ1n) is 6.65. The van der Waals surface area contributed by atoms with Gasteiger partial charge in [-0.15, -0.1) is 0 Å². The zero-order valence-electron chi connectivity index (χ0n) is 11.1. The van der Waals surface area contributed by atoms with E-state index in [1.54, 1.807) is 4.90 Å². The summed E-state index contributed by atoms with van der Waals surface area (Å²) in [6.45, 7) is 0.172. The molecule has 0 radical (unpaired) electrons. The monoisotopic (exact) mass is 387 g/mol. The van der Waals surface area contributed by atoms with Gasteiger partial charge < -0.3 is 15.8 Å². The van der Waals surface area contributed by atoms with Crippen LogP contribution in [0.5, 0.6) is 0 Å². The highest BCUT2D eigenvalue weighted by atomic mass is 127. The van der Waals surface area contributed by atoms with E-state index in [1.807, 2.05) is 24.3 Å². The van der Waals surface area contributed by atoms with Crippen LogP contribution in [0.2, 0.25) is 0 Å². The largest absolute Gasteiger partial charge is 0.409 e. The van der Waals surface area contributed by atoms with E-state index in [-0.39, 0.29) is 24.3 Å². The molecule has 1 saturated carbocycles. The molecule has 0 unspecified atom stereocenters. The summed E-state index contributed by atoms with van der Waals surface area (Å²) < 4.78 is 0.914. The van der Waals surface area contributed by atoms with Crippen molar-refractivity contribution in [1.82, 2.24) is 4.90 Å². The van der Waals surface area contributed by atoms with Gasteiger partial charge in [0, 0.05) is 9.61 Å². The van der Waals surface area contributed by atoms with Crippen LogP contribution < -0.4 is 5.73 Å². The zero-order valence-corrected chi connectivity index (χ0v) is 13.3. The fourth-order valence-corrected chi connectivity index (χ4v) is 3.20. The first kappa shape index (κ1) is 15.1. The molecule has 1 aliphatic rings. The Balaban J connectivity index is 2.25. The average molecular weight is 387 g/mol. The van der Waals surface area contributed by atoms with Crippen molar-refractivity contribution in [3.63, 3.8) is 0 Å². The van der Waals surface area contributed by atoms with E-state index in [4.69, 9.17) is 10.9 Å². The molecule has 108 valence electrons. The van der Waals surface area contributed by atoms with Crippen LogP contribution in [0.15, 0.2) is 29.4 Å².